The van der Waals surface area contributed by atoms with E-state index in [0.717, 1.165) is 12.0 Å². The SMILES string of the molecule is CN(CC1(c2ccccc2)CC1(C)C)C(=O)c1cn(C/C=C/c2ccccc2)nn1. The normalized spacial score (nSPS) is 19.7. The summed E-state index contributed by atoms with van der Waals surface area (Å²) in [6, 6.07) is 20.6. The van der Waals surface area contributed by atoms with Crippen molar-refractivity contribution >= 4 is 12.0 Å². The zero-order chi connectivity index (χ0) is 21.2. The van der Waals surface area contributed by atoms with Gasteiger partial charge in [0.25, 0.3) is 5.91 Å². The first-order chi connectivity index (χ1) is 14.4. The average molecular weight is 401 g/mol. The second kappa shape index (κ2) is 7.90. The fraction of sp³-hybridized carbons (Fsp3) is 0.320. The molecule has 1 unspecified atom stereocenters. The summed E-state index contributed by atoms with van der Waals surface area (Å²) in [5.41, 5.74) is 2.97. The minimum atomic E-state index is -0.0914. The average Bonchev–Trinajstić information content (AvgIpc) is 3.08. The third-order valence-electron chi connectivity index (χ3n) is 6.25. The van der Waals surface area contributed by atoms with Crippen LogP contribution in [-0.2, 0) is 12.0 Å². The van der Waals surface area contributed by atoms with Gasteiger partial charge >= 0.3 is 0 Å². The number of rotatable bonds is 7. The summed E-state index contributed by atoms with van der Waals surface area (Å²) in [5.74, 6) is -0.0914. The van der Waals surface area contributed by atoms with E-state index in [4.69, 9.17) is 0 Å². The minimum absolute atomic E-state index is 0.00686. The van der Waals surface area contributed by atoms with Gasteiger partial charge in [-0.25, -0.2) is 4.68 Å². The lowest BCUT2D eigenvalue weighted by atomic mass is 9.87. The topological polar surface area (TPSA) is 51.0 Å². The third-order valence-corrected chi connectivity index (χ3v) is 6.25. The standard InChI is InChI=1S/C25H28N4O/c1-24(2)18-25(24,21-14-8-5-9-15-21)19-28(3)23(30)22-17-29(27-26-22)16-10-13-20-11-6-4-7-12-20/h4-15,17H,16,18-19H2,1-3H3/b13-10+. The van der Waals surface area contributed by atoms with Gasteiger partial charge in [0.2, 0.25) is 0 Å². The van der Waals surface area contributed by atoms with E-state index in [-0.39, 0.29) is 16.7 Å². The van der Waals surface area contributed by atoms with E-state index in [9.17, 15) is 4.79 Å². The van der Waals surface area contributed by atoms with Crippen LogP contribution in [0, 0.1) is 5.41 Å². The molecular formula is C25H28N4O. The van der Waals surface area contributed by atoms with E-state index < -0.39 is 0 Å². The number of benzene rings is 2. The van der Waals surface area contributed by atoms with E-state index in [0.29, 0.717) is 18.8 Å². The van der Waals surface area contributed by atoms with Gasteiger partial charge in [0, 0.05) is 19.0 Å². The van der Waals surface area contributed by atoms with Crippen LogP contribution in [0.5, 0.6) is 0 Å². The predicted octanol–water partition coefficient (Wildman–Crippen LogP) is 4.43. The third kappa shape index (κ3) is 3.92. The van der Waals surface area contributed by atoms with E-state index >= 15 is 0 Å². The largest absolute Gasteiger partial charge is 0.339 e. The maximum Gasteiger partial charge on any atom is 0.275 e. The maximum absolute atomic E-state index is 13.0. The van der Waals surface area contributed by atoms with Crippen molar-refractivity contribution in [2.24, 2.45) is 5.41 Å². The molecule has 0 radical (unpaired) electrons. The van der Waals surface area contributed by atoms with Gasteiger partial charge in [0.1, 0.15) is 0 Å². The van der Waals surface area contributed by atoms with E-state index in [1.807, 2.05) is 55.6 Å². The molecule has 1 saturated carbocycles. The van der Waals surface area contributed by atoms with Crippen molar-refractivity contribution in [2.75, 3.05) is 13.6 Å². The second-order valence-electron chi connectivity index (χ2n) is 8.81. The molecule has 2 aromatic carbocycles. The number of hydrogen-bond donors (Lipinski definition) is 0. The molecule has 4 rings (SSSR count). The van der Waals surface area contributed by atoms with E-state index in [1.54, 1.807) is 15.8 Å². The molecule has 0 spiro atoms. The molecule has 3 aromatic rings. The Kier molecular flexibility index (Phi) is 5.29. The van der Waals surface area contributed by atoms with Gasteiger partial charge < -0.3 is 4.90 Å². The summed E-state index contributed by atoms with van der Waals surface area (Å²) in [4.78, 5) is 14.8. The van der Waals surface area contributed by atoms with Gasteiger partial charge in [-0.1, -0.05) is 91.9 Å². The molecule has 1 amide bonds. The molecule has 0 bridgehead atoms. The van der Waals surface area contributed by atoms with E-state index in [1.165, 1.54) is 5.56 Å². The molecule has 1 aromatic heterocycles. The number of allylic oxidation sites excluding steroid dienone is 1. The smallest absolute Gasteiger partial charge is 0.275 e. The summed E-state index contributed by atoms with van der Waals surface area (Å²) in [5, 5.41) is 8.23. The van der Waals surface area contributed by atoms with E-state index in [2.05, 4.69) is 48.4 Å². The van der Waals surface area contributed by atoms with Crippen LogP contribution in [0.1, 0.15) is 41.9 Å². The highest BCUT2D eigenvalue weighted by Gasteiger charge is 2.62. The number of carbonyl (C=O) groups is 1. The lowest BCUT2D eigenvalue weighted by Crippen LogP contribution is -2.36. The van der Waals surface area contributed by atoms with Crippen molar-refractivity contribution in [3.8, 4) is 0 Å². The van der Waals surface area contributed by atoms with Gasteiger partial charge in [-0.3, -0.25) is 4.79 Å². The minimum Gasteiger partial charge on any atom is -0.339 e. The van der Waals surface area contributed by atoms with Crippen molar-refractivity contribution < 1.29 is 4.79 Å². The molecule has 5 nitrogen and oxygen atoms in total. The van der Waals surface area contributed by atoms with Crippen molar-refractivity contribution in [1.29, 1.82) is 0 Å². The van der Waals surface area contributed by atoms with Crippen LogP contribution in [0.15, 0.2) is 72.9 Å². The summed E-state index contributed by atoms with van der Waals surface area (Å²) in [6.45, 7) is 5.78. The van der Waals surface area contributed by atoms with Gasteiger partial charge in [0.05, 0.1) is 12.7 Å². The van der Waals surface area contributed by atoms with Gasteiger partial charge in [0.15, 0.2) is 5.69 Å². The molecular weight excluding hydrogens is 372 g/mol. The van der Waals surface area contributed by atoms with Gasteiger partial charge in [-0.2, -0.15) is 0 Å². The highest BCUT2D eigenvalue weighted by molar-refractivity contribution is 5.91. The maximum atomic E-state index is 13.0. The fourth-order valence-electron chi connectivity index (χ4n) is 4.34. The molecule has 5 heteroatoms. The van der Waals surface area contributed by atoms with Crippen molar-refractivity contribution in [3.05, 3.63) is 89.8 Å². The van der Waals surface area contributed by atoms with Crippen molar-refractivity contribution in [1.82, 2.24) is 19.9 Å². The van der Waals surface area contributed by atoms with Crippen molar-refractivity contribution in [3.63, 3.8) is 0 Å². The number of likely N-dealkylation sites (N-methyl/N-ethyl adjacent to an activating group) is 1. The molecule has 1 atom stereocenters. The molecule has 0 saturated heterocycles. The predicted molar refractivity (Wildman–Crippen MR) is 119 cm³/mol. The summed E-state index contributed by atoms with van der Waals surface area (Å²) in [6.07, 6.45) is 6.84. The second-order valence-corrected chi connectivity index (χ2v) is 8.81. The molecule has 1 aliphatic rings. The Labute approximate surface area is 178 Å². The van der Waals surface area contributed by atoms with Crippen LogP contribution in [0.4, 0.5) is 0 Å². The Morgan fingerprint density at radius 2 is 1.73 bits per heavy atom. The Morgan fingerprint density at radius 1 is 1.10 bits per heavy atom. The van der Waals surface area contributed by atoms with Crippen LogP contribution < -0.4 is 0 Å². The number of amides is 1. The van der Waals surface area contributed by atoms with Gasteiger partial charge in [-0.15, -0.1) is 5.10 Å². The Bertz CT molecular complexity index is 1040. The molecule has 1 heterocycles. The summed E-state index contributed by atoms with van der Waals surface area (Å²) < 4.78 is 1.69. The first-order valence-corrected chi connectivity index (χ1v) is 10.3. The molecule has 1 aliphatic carbocycles. The fourth-order valence-corrected chi connectivity index (χ4v) is 4.34. The number of nitrogens with zero attached hydrogens (tertiary/aromatic N) is 4. The Morgan fingerprint density at radius 3 is 2.37 bits per heavy atom. The summed E-state index contributed by atoms with van der Waals surface area (Å²) in [7, 11) is 1.86. The van der Waals surface area contributed by atoms with Crippen molar-refractivity contribution in [2.45, 2.75) is 32.2 Å². The lowest BCUT2D eigenvalue weighted by molar-refractivity contribution is 0.0769. The number of hydrogen-bond acceptors (Lipinski definition) is 3. The van der Waals surface area contributed by atoms with Crippen LogP contribution in [0.25, 0.3) is 6.08 Å². The van der Waals surface area contributed by atoms with Crippen LogP contribution in [0.2, 0.25) is 0 Å². The quantitative estimate of drug-likeness (QED) is 0.589. The van der Waals surface area contributed by atoms with Crippen LogP contribution in [0.3, 0.4) is 0 Å². The number of carbonyl (C=O) groups excluding carboxylic acids is 1. The van der Waals surface area contributed by atoms with Crippen LogP contribution in [-0.4, -0.2) is 39.4 Å². The molecule has 1 fully saturated rings. The summed E-state index contributed by atoms with van der Waals surface area (Å²) >= 11 is 0. The lowest BCUT2D eigenvalue weighted by Gasteiger charge is -2.27. The first-order valence-electron chi connectivity index (χ1n) is 10.3. The molecule has 0 N–H and O–H groups in total. The zero-order valence-electron chi connectivity index (χ0n) is 17.8. The first kappa shape index (κ1) is 20.1. The molecule has 0 aliphatic heterocycles. The monoisotopic (exact) mass is 400 g/mol. The Hall–Kier alpha value is -3.21. The molecule has 154 valence electrons. The Balaban J connectivity index is 1.42. The van der Waals surface area contributed by atoms with Crippen LogP contribution >= 0.6 is 0 Å². The molecule has 30 heavy (non-hydrogen) atoms. The van der Waals surface area contributed by atoms with Gasteiger partial charge in [-0.05, 0) is 23.0 Å². The highest BCUT2D eigenvalue weighted by atomic mass is 16.2. The number of aromatic nitrogens is 3. The zero-order valence-corrected chi connectivity index (χ0v) is 17.8. The highest BCUT2D eigenvalue weighted by Crippen LogP contribution is 2.64.